The molecule has 0 fully saturated rings. The molecule has 1 unspecified atom stereocenters. The van der Waals surface area contributed by atoms with Crippen LogP contribution in [0.3, 0.4) is 0 Å². The monoisotopic (exact) mass is 355 g/mol. The molecule has 0 saturated heterocycles. The maximum Gasteiger partial charge on any atom is 0.0329 e. The quantitative estimate of drug-likeness (QED) is 0.522. The zero-order valence-corrected chi connectivity index (χ0v) is 13.6. The summed E-state index contributed by atoms with van der Waals surface area (Å²) in [6.07, 6.45) is 0. The van der Waals surface area contributed by atoms with Crippen molar-refractivity contribution in [2.75, 3.05) is 0 Å². The summed E-state index contributed by atoms with van der Waals surface area (Å²) in [6, 6.07) is 20.9. The van der Waals surface area contributed by atoms with E-state index in [0.717, 1.165) is 20.5 Å². The summed E-state index contributed by atoms with van der Waals surface area (Å²) < 4.78 is 13.1. The summed E-state index contributed by atoms with van der Waals surface area (Å²) in [5.41, 5.74) is 3.34. The van der Waals surface area contributed by atoms with Crippen LogP contribution in [-0.4, -0.2) is 0 Å². The third-order valence-corrected chi connectivity index (χ3v) is 6.17. The van der Waals surface area contributed by atoms with Gasteiger partial charge in [0.05, 0.1) is 0 Å². The number of halogens is 1. The molecule has 4 rings (SSSR count). The lowest BCUT2D eigenvalue weighted by molar-refractivity contribution is 0.523. The summed E-state index contributed by atoms with van der Waals surface area (Å²) in [4.78, 5) is 0.919. The summed E-state index contributed by atoms with van der Waals surface area (Å²) >= 11 is 2.05. The Morgan fingerprint density at radius 3 is 2.57 bits per heavy atom. The van der Waals surface area contributed by atoms with Crippen LogP contribution in [-0.2, 0) is 4.55 Å². The molecule has 1 atom stereocenters. The van der Waals surface area contributed by atoms with Crippen LogP contribution in [0, 0.1) is 0 Å². The molecule has 0 aromatic heterocycles. The van der Waals surface area contributed by atoms with E-state index in [2.05, 4.69) is 64.5 Å². The molecule has 3 heteroatoms. The zero-order chi connectivity index (χ0) is 14.4. The largest absolute Gasteiger partial charge is 0.169 e. The Kier molecular flexibility index (Phi) is 3.14. The van der Waals surface area contributed by atoms with Crippen molar-refractivity contribution in [1.82, 2.24) is 0 Å². The average molecular weight is 356 g/mol. The number of hydrogen-bond donors (Lipinski definition) is 1. The number of hydrogen-bond acceptors (Lipinski definition) is 0. The maximum atomic E-state index is 12.2. The van der Waals surface area contributed by atoms with Crippen LogP contribution >= 0.6 is 27.1 Å². The molecule has 3 aromatic carbocycles. The van der Waals surface area contributed by atoms with Gasteiger partial charge in [0.1, 0.15) is 0 Å². The predicted octanol–water partition coefficient (Wildman–Crippen LogP) is 5.92. The minimum absolute atomic E-state index is 0.919. The van der Waals surface area contributed by atoms with E-state index >= 15 is 0 Å². The minimum atomic E-state index is -1.43. The van der Waals surface area contributed by atoms with E-state index in [-0.39, 0.29) is 0 Å². The van der Waals surface area contributed by atoms with Crippen molar-refractivity contribution in [2.45, 2.75) is 4.90 Å². The minimum Gasteiger partial charge on any atom is -0.169 e. The van der Waals surface area contributed by atoms with Crippen molar-refractivity contribution in [2.24, 2.45) is 0 Å². The first kappa shape index (κ1) is 13.1. The highest BCUT2D eigenvalue weighted by molar-refractivity contribution is 9.15. The third-order valence-electron chi connectivity index (χ3n) is 3.82. The van der Waals surface area contributed by atoms with Crippen LogP contribution in [0.1, 0.15) is 5.56 Å². The maximum absolute atomic E-state index is 12.2. The second-order valence-corrected chi connectivity index (χ2v) is 7.31. The molecule has 1 radical (unpaired) electrons. The van der Waals surface area contributed by atoms with E-state index in [1.165, 1.54) is 16.3 Å². The second kappa shape index (κ2) is 5.02. The van der Waals surface area contributed by atoms with E-state index in [9.17, 15) is 4.55 Å². The van der Waals surface area contributed by atoms with Gasteiger partial charge in [-0.3, -0.25) is 0 Å². The Morgan fingerprint density at radius 1 is 0.857 bits per heavy atom. The molecule has 103 valence electrons. The lowest BCUT2D eigenvalue weighted by Gasteiger charge is -2.11. The van der Waals surface area contributed by atoms with E-state index in [1.807, 2.05) is 12.1 Å². The van der Waals surface area contributed by atoms with Gasteiger partial charge in [0.15, 0.2) is 0 Å². The van der Waals surface area contributed by atoms with Crippen molar-refractivity contribution < 1.29 is 4.55 Å². The first-order chi connectivity index (χ1) is 10.2. The van der Waals surface area contributed by atoms with Gasteiger partial charge in [-0.25, -0.2) is 0 Å². The van der Waals surface area contributed by atoms with Crippen LogP contribution < -0.4 is 0 Å². The number of rotatable bonds is 1. The SMILES string of the molecule is [O][SH]1C=C(Br)c2ccc(-c3cccc4ccccc34)cc21. The van der Waals surface area contributed by atoms with Crippen LogP contribution in [0.25, 0.3) is 26.4 Å². The highest BCUT2D eigenvalue weighted by atomic mass is 79.9. The Balaban J connectivity index is 1.93. The van der Waals surface area contributed by atoms with Gasteiger partial charge in [-0.1, -0.05) is 65.8 Å². The van der Waals surface area contributed by atoms with E-state index < -0.39 is 11.2 Å². The summed E-state index contributed by atoms with van der Waals surface area (Å²) in [5.74, 6) is 0. The van der Waals surface area contributed by atoms with Crippen LogP contribution in [0.2, 0.25) is 0 Å². The smallest absolute Gasteiger partial charge is 0.0329 e. The van der Waals surface area contributed by atoms with Gasteiger partial charge >= 0.3 is 0 Å². The first-order valence-corrected chi connectivity index (χ1v) is 8.82. The number of thiol groups is 1. The molecule has 1 nitrogen and oxygen atoms in total. The van der Waals surface area contributed by atoms with Crippen LogP contribution in [0.4, 0.5) is 0 Å². The Bertz CT molecular complexity index is 880. The Labute approximate surface area is 134 Å². The lowest BCUT2D eigenvalue weighted by atomic mass is 9.97. The van der Waals surface area contributed by atoms with Gasteiger partial charge in [0, 0.05) is 14.9 Å². The normalized spacial score (nSPS) is 18.6. The molecule has 21 heavy (non-hydrogen) atoms. The topological polar surface area (TPSA) is 19.9 Å². The van der Waals surface area contributed by atoms with Crippen molar-refractivity contribution in [3.05, 3.63) is 71.6 Å². The molecule has 3 aromatic rings. The van der Waals surface area contributed by atoms with Crippen LogP contribution in [0.5, 0.6) is 0 Å². The van der Waals surface area contributed by atoms with Crippen LogP contribution in [0.15, 0.2) is 71.0 Å². The van der Waals surface area contributed by atoms with Crippen molar-refractivity contribution in [1.29, 1.82) is 0 Å². The molecule has 0 N–H and O–H groups in total. The fourth-order valence-electron chi connectivity index (χ4n) is 2.80. The molecule has 1 heterocycles. The third kappa shape index (κ3) is 2.13. The average Bonchev–Trinajstić information content (AvgIpc) is 2.81. The van der Waals surface area contributed by atoms with Gasteiger partial charge in [-0.15, -0.1) is 0 Å². The fraction of sp³-hybridized carbons (Fsp3) is 0. The zero-order valence-electron chi connectivity index (χ0n) is 11.1. The van der Waals surface area contributed by atoms with Crippen molar-refractivity contribution in [3.63, 3.8) is 0 Å². The Morgan fingerprint density at radius 2 is 1.67 bits per heavy atom. The second-order valence-electron chi connectivity index (χ2n) is 5.06. The molecule has 0 aliphatic carbocycles. The van der Waals surface area contributed by atoms with Gasteiger partial charge in [-0.05, 0) is 49.3 Å². The summed E-state index contributed by atoms with van der Waals surface area (Å²) in [6.45, 7) is 0. The molecule has 0 spiro atoms. The molecule has 0 amide bonds. The van der Waals surface area contributed by atoms with E-state index in [0.29, 0.717) is 0 Å². The number of benzene rings is 3. The highest BCUT2D eigenvalue weighted by Gasteiger charge is 2.19. The molecule has 1 aliphatic rings. The van der Waals surface area contributed by atoms with Gasteiger partial charge in [0.2, 0.25) is 0 Å². The molecule has 0 saturated carbocycles. The van der Waals surface area contributed by atoms with E-state index in [1.54, 1.807) is 5.41 Å². The van der Waals surface area contributed by atoms with Crippen molar-refractivity contribution in [3.8, 4) is 11.1 Å². The standard InChI is InChI=1S/C18H12BrOS/c19-17-11-21(20)18-10-13(8-9-16(17)18)15-7-3-5-12-4-1-2-6-14(12)15/h1-11,21H. The first-order valence-electron chi connectivity index (χ1n) is 6.70. The molecule has 0 bridgehead atoms. The van der Waals surface area contributed by atoms with Gasteiger partial charge in [-0.2, -0.15) is 4.55 Å². The fourth-order valence-corrected chi connectivity index (χ4v) is 5.04. The predicted molar refractivity (Wildman–Crippen MR) is 94.2 cm³/mol. The summed E-state index contributed by atoms with van der Waals surface area (Å²) in [7, 11) is 0. The Hall–Kier alpha value is -1.55. The molecular weight excluding hydrogens is 344 g/mol. The highest BCUT2D eigenvalue weighted by Crippen LogP contribution is 2.51. The summed E-state index contributed by atoms with van der Waals surface area (Å²) in [5, 5.41) is 4.23. The molecular formula is C18H12BrOS. The van der Waals surface area contributed by atoms with E-state index in [4.69, 9.17) is 0 Å². The number of fused-ring (bicyclic) bond motifs is 2. The lowest BCUT2D eigenvalue weighted by Crippen LogP contribution is -1.85. The van der Waals surface area contributed by atoms with Crippen molar-refractivity contribution >= 4 is 42.4 Å². The van der Waals surface area contributed by atoms with Gasteiger partial charge in [0.25, 0.3) is 0 Å². The van der Waals surface area contributed by atoms with Gasteiger partial charge < -0.3 is 0 Å². The molecule has 1 aliphatic heterocycles.